The van der Waals surface area contributed by atoms with Gasteiger partial charge in [0.25, 0.3) is 0 Å². The lowest BCUT2D eigenvalue weighted by atomic mass is 10.1. The van der Waals surface area contributed by atoms with Crippen LogP contribution in [-0.4, -0.2) is 6.10 Å². The fourth-order valence-corrected chi connectivity index (χ4v) is 2.39. The van der Waals surface area contributed by atoms with Gasteiger partial charge in [-0.25, -0.2) is 4.39 Å². The molecule has 112 valence electrons. The molecule has 0 amide bonds. The van der Waals surface area contributed by atoms with E-state index in [1.54, 1.807) is 6.07 Å². The lowest BCUT2D eigenvalue weighted by Gasteiger charge is -2.16. The van der Waals surface area contributed by atoms with E-state index in [2.05, 4.69) is 21.2 Å². The van der Waals surface area contributed by atoms with E-state index >= 15 is 0 Å². The molecule has 0 saturated heterocycles. The van der Waals surface area contributed by atoms with E-state index in [1.807, 2.05) is 45.0 Å². The number of halogens is 2. The van der Waals surface area contributed by atoms with Crippen molar-refractivity contribution in [2.45, 2.75) is 33.4 Å². The molecule has 21 heavy (non-hydrogen) atoms. The summed E-state index contributed by atoms with van der Waals surface area (Å²) in [6.07, 6.45) is 0.132. The predicted octanol–water partition coefficient (Wildman–Crippen LogP) is 5.30. The summed E-state index contributed by atoms with van der Waals surface area (Å²) in [5.41, 5.74) is 2.85. The molecule has 1 N–H and O–H groups in total. The summed E-state index contributed by atoms with van der Waals surface area (Å²) in [7, 11) is 0. The van der Waals surface area contributed by atoms with Crippen molar-refractivity contribution in [2.24, 2.45) is 0 Å². The van der Waals surface area contributed by atoms with Crippen molar-refractivity contribution in [3.8, 4) is 5.75 Å². The molecular weight excluding hydrogens is 333 g/mol. The molecule has 0 aliphatic rings. The van der Waals surface area contributed by atoms with E-state index in [0.29, 0.717) is 11.0 Å². The maximum Gasteiger partial charge on any atom is 0.137 e. The Hall–Kier alpha value is -1.55. The molecule has 2 aromatic carbocycles. The van der Waals surface area contributed by atoms with E-state index < -0.39 is 0 Å². The standard InChI is InChI=1S/C17H19BrFNO/c1-11(2)21-17-7-5-4-6-13(17)10-20-16-9-14(18)15(19)8-12(16)3/h4-9,11,20H,10H2,1-3H3. The Morgan fingerprint density at radius 1 is 1.24 bits per heavy atom. The first-order valence-electron chi connectivity index (χ1n) is 6.91. The monoisotopic (exact) mass is 351 g/mol. The molecule has 0 atom stereocenters. The van der Waals surface area contributed by atoms with Crippen LogP contribution in [0.3, 0.4) is 0 Å². The summed E-state index contributed by atoms with van der Waals surface area (Å²) in [5, 5.41) is 3.33. The normalized spacial score (nSPS) is 10.8. The van der Waals surface area contributed by atoms with E-state index in [1.165, 1.54) is 6.07 Å². The fraction of sp³-hybridized carbons (Fsp3) is 0.294. The second kappa shape index (κ2) is 6.94. The minimum absolute atomic E-state index is 0.132. The zero-order chi connectivity index (χ0) is 15.4. The van der Waals surface area contributed by atoms with Gasteiger partial charge in [0, 0.05) is 17.8 Å². The number of aryl methyl sites for hydroxylation is 1. The van der Waals surface area contributed by atoms with Crippen LogP contribution in [0, 0.1) is 12.7 Å². The third kappa shape index (κ3) is 4.21. The van der Waals surface area contributed by atoms with Crippen molar-refractivity contribution in [3.05, 3.63) is 57.8 Å². The molecule has 2 nitrogen and oxygen atoms in total. The van der Waals surface area contributed by atoms with Gasteiger partial charge in [0.1, 0.15) is 11.6 Å². The molecule has 0 saturated carbocycles. The maximum atomic E-state index is 13.4. The number of anilines is 1. The van der Waals surface area contributed by atoms with Crippen molar-refractivity contribution in [1.29, 1.82) is 0 Å². The Morgan fingerprint density at radius 3 is 2.67 bits per heavy atom. The summed E-state index contributed by atoms with van der Waals surface area (Å²) in [6.45, 7) is 6.52. The number of rotatable bonds is 5. The number of benzene rings is 2. The average molecular weight is 352 g/mol. The van der Waals surface area contributed by atoms with Crippen molar-refractivity contribution in [1.82, 2.24) is 0 Å². The van der Waals surface area contributed by atoms with Crippen LogP contribution in [0.4, 0.5) is 10.1 Å². The van der Waals surface area contributed by atoms with E-state index in [9.17, 15) is 4.39 Å². The van der Waals surface area contributed by atoms with Crippen LogP contribution in [0.15, 0.2) is 40.9 Å². The molecule has 4 heteroatoms. The molecule has 0 heterocycles. The molecule has 0 bridgehead atoms. The van der Waals surface area contributed by atoms with Crippen molar-refractivity contribution in [2.75, 3.05) is 5.32 Å². The number of hydrogen-bond acceptors (Lipinski definition) is 2. The van der Waals surface area contributed by atoms with E-state index in [0.717, 1.165) is 22.6 Å². The van der Waals surface area contributed by atoms with E-state index in [-0.39, 0.29) is 11.9 Å². The van der Waals surface area contributed by atoms with Gasteiger partial charge in [0.05, 0.1) is 10.6 Å². The van der Waals surface area contributed by atoms with Crippen LogP contribution in [0.2, 0.25) is 0 Å². The average Bonchev–Trinajstić information content (AvgIpc) is 2.42. The van der Waals surface area contributed by atoms with Crippen molar-refractivity contribution in [3.63, 3.8) is 0 Å². The number of hydrogen-bond donors (Lipinski definition) is 1. The highest BCUT2D eigenvalue weighted by atomic mass is 79.9. The molecular formula is C17H19BrFNO. The van der Waals surface area contributed by atoms with Crippen LogP contribution in [0.1, 0.15) is 25.0 Å². The molecule has 0 spiro atoms. The largest absolute Gasteiger partial charge is 0.491 e. The summed E-state index contributed by atoms with van der Waals surface area (Å²) >= 11 is 3.21. The molecule has 0 radical (unpaired) electrons. The van der Waals surface area contributed by atoms with Crippen LogP contribution in [0.5, 0.6) is 5.75 Å². The lowest BCUT2D eigenvalue weighted by molar-refractivity contribution is 0.240. The Morgan fingerprint density at radius 2 is 1.95 bits per heavy atom. The highest BCUT2D eigenvalue weighted by Crippen LogP contribution is 2.26. The van der Waals surface area contributed by atoms with Gasteiger partial charge in [0.15, 0.2) is 0 Å². The van der Waals surface area contributed by atoms with Crippen molar-refractivity contribution < 1.29 is 9.13 Å². The third-order valence-corrected chi connectivity index (χ3v) is 3.68. The number of ether oxygens (including phenoxy) is 1. The highest BCUT2D eigenvalue weighted by molar-refractivity contribution is 9.10. The van der Waals surface area contributed by atoms with Gasteiger partial charge < -0.3 is 10.1 Å². The second-order valence-electron chi connectivity index (χ2n) is 5.21. The van der Waals surface area contributed by atoms with Gasteiger partial charge in [-0.1, -0.05) is 18.2 Å². The lowest BCUT2D eigenvalue weighted by Crippen LogP contribution is -2.09. The van der Waals surface area contributed by atoms with Crippen LogP contribution >= 0.6 is 15.9 Å². The maximum absolute atomic E-state index is 13.4. The van der Waals surface area contributed by atoms with Crippen molar-refractivity contribution >= 4 is 21.6 Å². The third-order valence-electron chi connectivity index (χ3n) is 3.07. The van der Waals surface area contributed by atoms with Gasteiger partial charge in [-0.15, -0.1) is 0 Å². The van der Waals surface area contributed by atoms with Crippen LogP contribution in [-0.2, 0) is 6.54 Å². The molecule has 0 unspecified atom stereocenters. The first-order chi connectivity index (χ1) is 9.97. The molecule has 0 aromatic heterocycles. The van der Waals surface area contributed by atoms with Crippen LogP contribution in [0.25, 0.3) is 0 Å². The molecule has 0 fully saturated rings. The quantitative estimate of drug-likeness (QED) is 0.789. The van der Waals surface area contributed by atoms with Gasteiger partial charge in [-0.3, -0.25) is 0 Å². The molecule has 0 aliphatic heterocycles. The second-order valence-corrected chi connectivity index (χ2v) is 6.06. The topological polar surface area (TPSA) is 21.3 Å². The predicted molar refractivity (Wildman–Crippen MR) is 88.4 cm³/mol. The fourth-order valence-electron chi connectivity index (χ4n) is 2.05. The van der Waals surface area contributed by atoms with Gasteiger partial charge in [-0.05, 0) is 60.5 Å². The first-order valence-corrected chi connectivity index (χ1v) is 7.70. The zero-order valence-electron chi connectivity index (χ0n) is 12.4. The Balaban J connectivity index is 2.15. The minimum Gasteiger partial charge on any atom is -0.491 e. The first kappa shape index (κ1) is 15.8. The number of nitrogens with one attached hydrogen (secondary N) is 1. The zero-order valence-corrected chi connectivity index (χ0v) is 14.0. The van der Waals surface area contributed by atoms with Crippen LogP contribution < -0.4 is 10.1 Å². The molecule has 2 rings (SSSR count). The van der Waals surface area contributed by atoms with Gasteiger partial charge in [-0.2, -0.15) is 0 Å². The molecule has 0 aliphatic carbocycles. The highest BCUT2D eigenvalue weighted by Gasteiger charge is 2.08. The summed E-state index contributed by atoms with van der Waals surface area (Å²) in [4.78, 5) is 0. The van der Waals surface area contributed by atoms with Gasteiger partial charge >= 0.3 is 0 Å². The summed E-state index contributed by atoms with van der Waals surface area (Å²) in [6, 6.07) is 11.2. The number of para-hydroxylation sites is 1. The summed E-state index contributed by atoms with van der Waals surface area (Å²) < 4.78 is 19.7. The molecule has 2 aromatic rings. The Kier molecular flexibility index (Phi) is 5.23. The smallest absolute Gasteiger partial charge is 0.137 e. The summed E-state index contributed by atoms with van der Waals surface area (Å²) in [5.74, 6) is 0.625. The van der Waals surface area contributed by atoms with Gasteiger partial charge in [0.2, 0.25) is 0 Å². The Bertz CT molecular complexity index is 628. The minimum atomic E-state index is -0.249. The van der Waals surface area contributed by atoms with E-state index in [4.69, 9.17) is 4.74 Å². The SMILES string of the molecule is Cc1cc(F)c(Br)cc1NCc1ccccc1OC(C)C. The Labute approximate surface area is 133 Å².